The quantitative estimate of drug-likeness (QED) is 0.804. The number of amides is 1. The van der Waals surface area contributed by atoms with E-state index in [4.69, 9.17) is 4.74 Å². The third-order valence-electron chi connectivity index (χ3n) is 3.14. The molecule has 1 aliphatic heterocycles. The fourth-order valence-electron chi connectivity index (χ4n) is 2.08. The second kappa shape index (κ2) is 5.97. The molecule has 6 nitrogen and oxygen atoms in total. The predicted molar refractivity (Wildman–Crippen MR) is 67.3 cm³/mol. The highest BCUT2D eigenvalue weighted by Crippen LogP contribution is 2.05. The summed E-state index contributed by atoms with van der Waals surface area (Å²) in [6.07, 6.45) is 3.20. The number of imidazole rings is 1. The van der Waals surface area contributed by atoms with Crippen molar-refractivity contribution in [2.45, 2.75) is 0 Å². The Labute approximate surface area is 107 Å². The normalized spacial score (nSPS) is 21.6. The maximum absolute atomic E-state index is 11.9. The number of nitrogens with zero attached hydrogens (tertiary/aromatic N) is 3. The summed E-state index contributed by atoms with van der Waals surface area (Å²) in [5, 5.41) is 2.94. The van der Waals surface area contributed by atoms with E-state index >= 15 is 0 Å². The lowest BCUT2D eigenvalue weighted by atomic mass is 10.1. The van der Waals surface area contributed by atoms with Gasteiger partial charge >= 0.3 is 0 Å². The van der Waals surface area contributed by atoms with E-state index in [0.29, 0.717) is 24.8 Å². The molecule has 6 heteroatoms. The van der Waals surface area contributed by atoms with Crippen LogP contribution in [-0.2, 0) is 11.8 Å². The zero-order valence-electron chi connectivity index (χ0n) is 10.9. The Balaban J connectivity index is 1.84. The third kappa shape index (κ3) is 3.30. The average Bonchev–Trinajstić information content (AvgIpc) is 2.65. The fourth-order valence-corrected chi connectivity index (χ4v) is 2.08. The summed E-state index contributed by atoms with van der Waals surface area (Å²) in [5.41, 5.74) is 0.581. The van der Waals surface area contributed by atoms with Crippen molar-refractivity contribution in [2.75, 3.05) is 39.9 Å². The standard InChI is InChI=1S/C12H20N4O2/c1-15-3-4-18-8-10(7-15)5-14-12(17)11-6-13-9-16(11)2/h6,9-10H,3-5,7-8H2,1-2H3,(H,14,17)/t10-/m0/s1. The summed E-state index contributed by atoms with van der Waals surface area (Å²) in [6, 6.07) is 0. The van der Waals surface area contributed by atoms with E-state index in [1.54, 1.807) is 17.1 Å². The highest BCUT2D eigenvalue weighted by Gasteiger charge is 2.18. The molecular formula is C12H20N4O2. The molecule has 0 bridgehead atoms. The Hall–Kier alpha value is -1.40. The second-order valence-electron chi connectivity index (χ2n) is 4.80. The number of carbonyl (C=O) groups excluding carboxylic acids is 1. The lowest BCUT2D eigenvalue weighted by molar-refractivity contribution is 0.0913. The van der Waals surface area contributed by atoms with Gasteiger partial charge in [-0.3, -0.25) is 4.79 Å². The van der Waals surface area contributed by atoms with E-state index in [2.05, 4.69) is 22.2 Å². The lowest BCUT2D eigenvalue weighted by Gasteiger charge is -2.19. The molecule has 1 saturated heterocycles. The van der Waals surface area contributed by atoms with Gasteiger partial charge in [0, 0.05) is 32.6 Å². The number of ether oxygens (including phenoxy) is 1. The van der Waals surface area contributed by atoms with Gasteiger partial charge in [0.1, 0.15) is 5.69 Å². The third-order valence-corrected chi connectivity index (χ3v) is 3.14. The molecule has 0 radical (unpaired) electrons. The summed E-state index contributed by atoms with van der Waals surface area (Å²) in [6.45, 7) is 4.00. The minimum absolute atomic E-state index is 0.0816. The molecular weight excluding hydrogens is 232 g/mol. The van der Waals surface area contributed by atoms with Gasteiger partial charge in [-0.25, -0.2) is 4.98 Å². The lowest BCUT2D eigenvalue weighted by Crippen LogP contribution is -2.36. The highest BCUT2D eigenvalue weighted by atomic mass is 16.5. The molecule has 1 aromatic heterocycles. The molecule has 1 N–H and O–H groups in total. The molecule has 1 atom stereocenters. The molecule has 1 aromatic rings. The molecule has 0 saturated carbocycles. The van der Waals surface area contributed by atoms with Crippen LogP contribution in [0.1, 0.15) is 10.5 Å². The fraction of sp³-hybridized carbons (Fsp3) is 0.667. The Morgan fingerprint density at radius 1 is 1.61 bits per heavy atom. The molecule has 1 fully saturated rings. The van der Waals surface area contributed by atoms with Crippen LogP contribution in [0, 0.1) is 5.92 Å². The Morgan fingerprint density at radius 3 is 3.17 bits per heavy atom. The number of likely N-dealkylation sites (N-methyl/N-ethyl adjacent to an activating group) is 1. The van der Waals surface area contributed by atoms with E-state index in [-0.39, 0.29) is 5.91 Å². The maximum Gasteiger partial charge on any atom is 0.269 e. The summed E-state index contributed by atoms with van der Waals surface area (Å²) < 4.78 is 7.23. The van der Waals surface area contributed by atoms with Crippen LogP contribution in [0.4, 0.5) is 0 Å². The number of aryl methyl sites for hydroxylation is 1. The van der Waals surface area contributed by atoms with Gasteiger partial charge in [-0.2, -0.15) is 0 Å². The van der Waals surface area contributed by atoms with Crippen molar-refractivity contribution in [3.05, 3.63) is 18.2 Å². The smallest absolute Gasteiger partial charge is 0.269 e. The zero-order chi connectivity index (χ0) is 13.0. The van der Waals surface area contributed by atoms with Crippen molar-refractivity contribution in [1.29, 1.82) is 0 Å². The van der Waals surface area contributed by atoms with E-state index in [0.717, 1.165) is 19.7 Å². The molecule has 2 heterocycles. The molecule has 0 spiro atoms. The minimum Gasteiger partial charge on any atom is -0.380 e. The van der Waals surface area contributed by atoms with E-state index in [1.165, 1.54) is 0 Å². The van der Waals surface area contributed by atoms with E-state index < -0.39 is 0 Å². The Morgan fingerprint density at radius 2 is 2.44 bits per heavy atom. The first-order valence-corrected chi connectivity index (χ1v) is 6.17. The van der Waals surface area contributed by atoms with Crippen LogP contribution in [0.3, 0.4) is 0 Å². The first kappa shape index (κ1) is 13.0. The second-order valence-corrected chi connectivity index (χ2v) is 4.80. The molecule has 0 unspecified atom stereocenters. The van der Waals surface area contributed by atoms with Crippen molar-refractivity contribution in [2.24, 2.45) is 13.0 Å². The van der Waals surface area contributed by atoms with Crippen LogP contribution in [0.25, 0.3) is 0 Å². The summed E-state index contributed by atoms with van der Waals surface area (Å²) in [4.78, 5) is 18.1. The van der Waals surface area contributed by atoms with Crippen LogP contribution < -0.4 is 5.32 Å². The molecule has 1 amide bonds. The molecule has 100 valence electrons. The van der Waals surface area contributed by atoms with Gasteiger partial charge in [0.25, 0.3) is 5.91 Å². The van der Waals surface area contributed by atoms with Crippen LogP contribution in [0.15, 0.2) is 12.5 Å². The summed E-state index contributed by atoms with van der Waals surface area (Å²) in [7, 11) is 3.88. The van der Waals surface area contributed by atoms with Crippen LogP contribution in [-0.4, -0.2) is 60.3 Å². The molecule has 1 aliphatic rings. The van der Waals surface area contributed by atoms with Crippen LogP contribution in [0.2, 0.25) is 0 Å². The van der Waals surface area contributed by atoms with Gasteiger partial charge in [0.05, 0.1) is 25.7 Å². The van der Waals surface area contributed by atoms with Crippen molar-refractivity contribution in [3.63, 3.8) is 0 Å². The van der Waals surface area contributed by atoms with E-state index in [1.807, 2.05) is 7.05 Å². The topological polar surface area (TPSA) is 59.4 Å². The van der Waals surface area contributed by atoms with Gasteiger partial charge in [-0.05, 0) is 7.05 Å². The minimum atomic E-state index is -0.0816. The monoisotopic (exact) mass is 252 g/mol. The van der Waals surface area contributed by atoms with Gasteiger partial charge in [-0.1, -0.05) is 0 Å². The van der Waals surface area contributed by atoms with Gasteiger partial charge in [0.2, 0.25) is 0 Å². The number of nitrogens with one attached hydrogen (secondary N) is 1. The van der Waals surface area contributed by atoms with Crippen LogP contribution >= 0.6 is 0 Å². The Bertz CT molecular complexity index is 405. The molecule has 0 aromatic carbocycles. The van der Waals surface area contributed by atoms with Crippen molar-refractivity contribution in [1.82, 2.24) is 19.8 Å². The largest absolute Gasteiger partial charge is 0.380 e. The molecule has 0 aliphatic carbocycles. The molecule has 2 rings (SSSR count). The summed E-state index contributed by atoms with van der Waals surface area (Å²) in [5.74, 6) is 0.261. The van der Waals surface area contributed by atoms with Gasteiger partial charge in [0.15, 0.2) is 0 Å². The number of aromatic nitrogens is 2. The van der Waals surface area contributed by atoms with Gasteiger partial charge < -0.3 is 19.5 Å². The number of carbonyl (C=O) groups is 1. The summed E-state index contributed by atoms with van der Waals surface area (Å²) >= 11 is 0. The van der Waals surface area contributed by atoms with Crippen LogP contribution in [0.5, 0.6) is 0 Å². The predicted octanol–water partition coefficient (Wildman–Crippen LogP) is -0.272. The average molecular weight is 252 g/mol. The van der Waals surface area contributed by atoms with Crippen molar-refractivity contribution in [3.8, 4) is 0 Å². The molecule has 18 heavy (non-hydrogen) atoms. The van der Waals surface area contributed by atoms with E-state index in [9.17, 15) is 4.79 Å². The zero-order valence-corrected chi connectivity index (χ0v) is 10.9. The number of hydrogen-bond acceptors (Lipinski definition) is 4. The number of rotatable bonds is 3. The highest BCUT2D eigenvalue weighted by molar-refractivity contribution is 5.92. The first-order valence-electron chi connectivity index (χ1n) is 6.17. The number of hydrogen-bond donors (Lipinski definition) is 1. The Kier molecular flexibility index (Phi) is 4.33. The maximum atomic E-state index is 11.9. The van der Waals surface area contributed by atoms with Gasteiger partial charge in [-0.15, -0.1) is 0 Å². The first-order chi connectivity index (χ1) is 8.66. The van der Waals surface area contributed by atoms with Crippen molar-refractivity contribution < 1.29 is 9.53 Å². The SMILES string of the molecule is CN1CCOC[C@@H](CNC(=O)c2cncn2C)C1. The van der Waals surface area contributed by atoms with Crippen molar-refractivity contribution >= 4 is 5.91 Å².